The second-order valence-electron chi connectivity index (χ2n) is 11.3. The van der Waals surface area contributed by atoms with Crippen molar-refractivity contribution >= 4 is 17.9 Å². The number of nitrogens with zero attached hydrogens (tertiary/aromatic N) is 4. The van der Waals surface area contributed by atoms with E-state index < -0.39 is 0 Å². The minimum Gasteiger partial charge on any atom is -0.497 e. The summed E-state index contributed by atoms with van der Waals surface area (Å²) in [4.78, 5) is 20.9. The first-order valence-corrected chi connectivity index (χ1v) is 14.7. The highest BCUT2D eigenvalue weighted by atomic mass is 32.2. The van der Waals surface area contributed by atoms with Gasteiger partial charge in [0.1, 0.15) is 12.4 Å². The van der Waals surface area contributed by atoms with E-state index in [4.69, 9.17) is 9.47 Å². The predicted octanol–water partition coefficient (Wildman–Crippen LogP) is 4.31. The molecule has 1 saturated carbocycles. The Bertz CT molecular complexity index is 837. The van der Waals surface area contributed by atoms with Gasteiger partial charge in [-0.1, -0.05) is 0 Å². The zero-order valence-corrected chi connectivity index (χ0v) is 25.1. The van der Waals surface area contributed by atoms with Gasteiger partial charge in [0.25, 0.3) is 0 Å². The van der Waals surface area contributed by atoms with E-state index in [2.05, 4.69) is 61.2 Å². The van der Waals surface area contributed by atoms with Crippen LogP contribution >= 0.6 is 11.9 Å². The molecule has 1 aromatic carbocycles. The van der Waals surface area contributed by atoms with E-state index in [1.165, 1.54) is 67.6 Å². The molecule has 0 radical (unpaired) electrons. The summed E-state index contributed by atoms with van der Waals surface area (Å²) in [7, 11) is 10.1. The Morgan fingerprint density at radius 3 is 2.35 bits per heavy atom. The number of methoxy groups -OCH3 is 1. The summed E-state index contributed by atoms with van der Waals surface area (Å²) < 4.78 is 13.3. The highest BCUT2D eigenvalue weighted by Crippen LogP contribution is 2.32. The van der Waals surface area contributed by atoms with Crippen molar-refractivity contribution in [2.24, 2.45) is 5.92 Å². The van der Waals surface area contributed by atoms with Gasteiger partial charge in [-0.15, -0.1) is 0 Å². The second kappa shape index (κ2) is 14.7. The molecule has 2 aliphatic rings. The Balaban J connectivity index is 1.31. The molecule has 1 unspecified atom stereocenters. The first kappa shape index (κ1) is 30.2. The molecule has 0 N–H and O–H groups in total. The van der Waals surface area contributed by atoms with E-state index in [9.17, 15) is 4.79 Å². The van der Waals surface area contributed by atoms with Gasteiger partial charge in [0.15, 0.2) is 0 Å². The van der Waals surface area contributed by atoms with Crippen LogP contribution in [0.15, 0.2) is 17.0 Å². The number of likely N-dealkylation sites (N-methyl/N-ethyl adjacent to an activating group) is 3. The lowest BCUT2D eigenvalue weighted by Crippen LogP contribution is -2.50. The molecule has 7 nitrogen and oxygen atoms in total. The molecule has 1 amide bonds. The fraction of sp³-hybridized carbons (Fsp3) is 0.759. The molecule has 0 spiro atoms. The monoisotopic (exact) mass is 534 g/mol. The number of carbonyl (C=O) groups excluding carboxylic acids is 1. The van der Waals surface area contributed by atoms with Crippen molar-refractivity contribution in [3.63, 3.8) is 0 Å². The van der Waals surface area contributed by atoms with E-state index in [0.717, 1.165) is 24.9 Å². The molecule has 37 heavy (non-hydrogen) atoms. The lowest BCUT2D eigenvalue weighted by molar-refractivity contribution is -0.135. The zero-order chi connectivity index (χ0) is 26.9. The third-order valence-electron chi connectivity index (χ3n) is 8.14. The fourth-order valence-corrected chi connectivity index (χ4v) is 6.64. The van der Waals surface area contributed by atoms with Crippen LogP contribution in [0.25, 0.3) is 0 Å². The van der Waals surface area contributed by atoms with Crippen molar-refractivity contribution in [3.8, 4) is 5.75 Å². The van der Waals surface area contributed by atoms with Crippen molar-refractivity contribution in [1.29, 1.82) is 0 Å². The van der Waals surface area contributed by atoms with Gasteiger partial charge in [-0.25, -0.2) is 4.31 Å². The van der Waals surface area contributed by atoms with Crippen LogP contribution in [0.3, 0.4) is 0 Å². The summed E-state index contributed by atoms with van der Waals surface area (Å²) in [6, 6.07) is 5.55. The number of benzene rings is 1. The minimum absolute atomic E-state index is 0.0872. The molecule has 1 saturated heterocycles. The van der Waals surface area contributed by atoms with Crippen molar-refractivity contribution in [2.45, 2.75) is 69.4 Å². The fourth-order valence-electron chi connectivity index (χ4n) is 5.75. The Labute approximate surface area is 229 Å². The number of hydrogen-bond acceptors (Lipinski definition) is 7. The molecule has 2 fully saturated rings. The summed E-state index contributed by atoms with van der Waals surface area (Å²) in [5, 5.41) is 0. The van der Waals surface area contributed by atoms with Crippen LogP contribution in [0, 0.1) is 19.8 Å². The topological polar surface area (TPSA) is 48.5 Å². The Hall–Kier alpha value is -1.32. The standard InChI is InChI=1S/C29H50N4O3S/c1-22-17-27(35-7)18-23(2)29(22)37-32(6)15-16-36-21-28(34)31(5)19-24-10-12-25(13-11-24)33-14-8-9-26(20-33)30(3)4/h17-18,24-26H,8-16,19-21H2,1-7H3. The number of likely N-dealkylation sites (tertiary alicyclic amines) is 1. The summed E-state index contributed by atoms with van der Waals surface area (Å²) in [6.07, 6.45) is 7.61. The molecule has 1 atom stereocenters. The molecule has 210 valence electrons. The molecular formula is C29H50N4O3S. The summed E-state index contributed by atoms with van der Waals surface area (Å²) in [5.41, 5.74) is 2.41. The molecule has 8 heteroatoms. The van der Waals surface area contributed by atoms with Gasteiger partial charge in [-0.05, 0) is 121 Å². The number of aryl methyl sites for hydroxylation is 2. The molecular weight excluding hydrogens is 484 g/mol. The van der Waals surface area contributed by atoms with Crippen molar-refractivity contribution in [1.82, 2.24) is 19.0 Å². The maximum Gasteiger partial charge on any atom is 0.248 e. The summed E-state index contributed by atoms with van der Waals surface area (Å²) in [5.74, 6) is 1.59. The van der Waals surface area contributed by atoms with Gasteiger partial charge >= 0.3 is 0 Å². The molecule has 0 bridgehead atoms. The van der Waals surface area contributed by atoms with E-state index in [-0.39, 0.29) is 12.5 Å². The van der Waals surface area contributed by atoms with E-state index >= 15 is 0 Å². The Morgan fingerprint density at radius 1 is 1.05 bits per heavy atom. The predicted molar refractivity (Wildman–Crippen MR) is 153 cm³/mol. The van der Waals surface area contributed by atoms with Crippen LogP contribution in [-0.4, -0.2) is 112 Å². The number of carbonyl (C=O) groups is 1. The third kappa shape index (κ3) is 9.13. The van der Waals surface area contributed by atoms with Crippen molar-refractivity contribution < 1.29 is 14.3 Å². The van der Waals surface area contributed by atoms with Crippen LogP contribution in [0.2, 0.25) is 0 Å². The number of piperidine rings is 1. The van der Waals surface area contributed by atoms with Crippen molar-refractivity contribution in [3.05, 3.63) is 23.3 Å². The van der Waals surface area contributed by atoms with Gasteiger partial charge in [-0.3, -0.25) is 9.69 Å². The molecule has 3 rings (SSSR count). The van der Waals surface area contributed by atoms with E-state index in [1.54, 1.807) is 19.1 Å². The van der Waals surface area contributed by atoms with Gasteiger partial charge in [0.05, 0.1) is 13.7 Å². The Kier molecular flexibility index (Phi) is 12.0. The van der Waals surface area contributed by atoms with Crippen molar-refractivity contribution in [2.75, 3.05) is 74.7 Å². The average Bonchev–Trinajstić information content (AvgIpc) is 2.88. The number of ether oxygens (including phenoxy) is 2. The molecule has 1 aliphatic carbocycles. The summed E-state index contributed by atoms with van der Waals surface area (Å²) >= 11 is 1.71. The van der Waals surface area contributed by atoms with Crippen LogP contribution in [0.4, 0.5) is 0 Å². The zero-order valence-electron chi connectivity index (χ0n) is 24.3. The van der Waals surface area contributed by atoms with Crippen LogP contribution in [0.1, 0.15) is 49.7 Å². The minimum atomic E-state index is 0.0872. The number of rotatable bonds is 12. The molecule has 1 heterocycles. The van der Waals surface area contributed by atoms with Crippen LogP contribution < -0.4 is 4.74 Å². The van der Waals surface area contributed by atoms with E-state index in [0.29, 0.717) is 18.6 Å². The largest absolute Gasteiger partial charge is 0.497 e. The summed E-state index contributed by atoms with van der Waals surface area (Å²) in [6.45, 7) is 8.97. The van der Waals surface area contributed by atoms with E-state index in [1.807, 2.05) is 11.9 Å². The molecule has 1 aromatic rings. The first-order chi connectivity index (χ1) is 17.7. The van der Waals surface area contributed by atoms with Gasteiger partial charge in [0.2, 0.25) is 5.91 Å². The highest BCUT2D eigenvalue weighted by molar-refractivity contribution is 7.97. The van der Waals surface area contributed by atoms with Gasteiger partial charge < -0.3 is 19.3 Å². The maximum absolute atomic E-state index is 12.7. The normalized spacial score (nSPS) is 23.0. The van der Waals surface area contributed by atoms with Crippen LogP contribution in [-0.2, 0) is 9.53 Å². The lowest BCUT2D eigenvalue weighted by atomic mass is 9.84. The first-order valence-electron chi connectivity index (χ1n) is 13.9. The third-order valence-corrected chi connectivity index (χ3v) is 9.46. The second-order valence-corrected chi connectivity index (χ2v) is 12.5. The SMILES string of the molecule is COc1cc(C)c(SN(C)CCOCC(=O)N(C)CC2CCC(N3CCCC(N(C)C)C3)CC2)c(C)c1. The smallest absolute Gasteiger partial charge is 0.248 e. The highest BCUT2D eigenvalue weighted by Gasteiger charge is 2.30. The number of hydrogen-bond donors (Lipinski definition) is 0. The van der Waals surface area contributed by atoms with Gasteiger partial charge in [-0.2, -0.15) is 0 Å². The number of amides is 1. The lowest BCUT2D eigenvalue weighted by Gasteiger charge is -2.43. The Morgan fingerprint density at radius 2 is 1.73 bits per heavy atom. The quantitative estimate of drug-likeness (QED) is 0.293. The van der Waals surface area contributed by atoms with Gasteiger partial charge in [0, 0.05) is 43.7 Å². The average molecular weight is 535 g/mol. The maximum atomic E-state index is 12.7. The van der Waals surface area contributed by atoms with Crippen LogP contribution in [0.5, 0.6) is 5.75 Å². The molecule has 0 aromatic heterocycles. The molecule has 1 aliphatic heterocycles.